The minimum Gasteiger partial charge on any atom is -0.497 e. The lowest BCUT2D eigenvalue weighted by Gasteiger charge is -2.06. The van der Waals surface area contributed by atoms with Crippen LogP contribution >= 0.6 is 0 Å². The van der Waals surface area contributed by atoms with E-state index >= 15 is 0 Å². The van der Waals surface area contributed by atoms with Crippen LogP contribution in [0.1, 0.15) is 5.56 Å². The van der Waals surface area contributed by atoms with Gasteiger partial charge in [0.2, 0.25) is 0 Å². The van der Waals surface area contributed by atoms with Gasteiger partial charge in [-0.15, -0.1) is 0 Å². The van der Waals surface area contributed by atoms with Gasteiger partial charge in [-0.1, -0.05) is 0 Å². The predicted molar refractivity (Wildman–Crippen MR) is 92.1 cm³/mol. The number of methoxy groups -OCH3 is 1. The molecule has 0 atom stereocenters. The van der Waals surface area contributed by atoms with Crippen molar-refractivity contribution in [3.63, 3.8) is 0 Å². The molecule has 8 nitrogen and oxygen atoms in total. The molecule has 0 aliphatic carbocycles. The minimum atomic E-state index is -0.663. The minimum absolute atomic E-state index is 0.0611. The fraction of sp³-hybridized carbons (Fsp3) is 0.176. The molecular formula is C17H16N4O4. The van der Waals surface area contributed by atoms with Crippen LogP contribution in [-0.2, 0) is 18.9 Å². The van der Waals surface area contributed by atoms with Crippen molar-refractivity contribution in [3.05, 3.63) is 62.4 Å². The van der Waals surface area contributed by atoms with Gasteiger partial charge in [0, 0.05) is 26.0 Å². The van der Waals surface area contributed by atoms with Crippen molar-refractivity contribution in [1.29, 1.82) is 5.26 Å². The molecule has 0 spiro atoms. The first-order chi connectivity index (χ1) is 11.9. The highest BCUT2D eigenvalue weighted by atomic mass is 16.5. The number of amides is 1. The Morgan fingerprint density at radius 3 is 2.44 bits per heavy atom. The van der Waals surface area contributed by atoms with Gasteiger partial charge >= 0.3 is 5.69 Å². The van der Waals surface area contributed by atoms with E-state index < -0.39 is 17.2 Å². The Hall–Kier alpha value is -3.60. The third kappa shape index (κ3) is 3.84. The zero-order chi connectivity index (χ0) is 18.6. The van der Waals surface area contributed by atoms with Crippen molar-refractivity contribution in [2.75, 3.05) is 12.4 Å². The number of rotatable bonds is 4. The van der Waals surface area contributed by atoms with E-state index in [1.807, 2.05) is 0 Å². The first kappa shape index (κ1) is 17.7. The van der Waals surface area contributed by atoms with Gasteiger partial charge in [-0.25, -0.2) is 4.79 Å². The van der Waals surface area contributed by atoms with Gasteiger partial charge in [0.15, 0.2) is 0 Å². The Balaban J connectivity index is 2.34. The summed E-state index contributed by atoms with van der Waals surface area (Å²) >= 11 is 0. The average Bonchev–Trinajstić information content (AvgIpc) is 2.62. The number of nitrogens with zero attached hydrogens (tertiary/aromatic N) is 3. The third-order valence-electron chi connectivity index (χ3n) is 3.49. The molecule has 0 fully saturated rings. The zero-order valence-corrected chi connectivity index (χ0v) is 13.9. The maximum atomic E-state index is 12.2. The number of carbonyl (C=O) groups excluding carboxylic acids is 1. The summed E-state index contributed by atoms with van der Waals surface area (Å²) in [4.78, 5) is 36.0. The molecule has 128 valence electrons. The van der Waals surface area contributed by atoms with Gasteiger partial charge in [0.25, 0.3) is 11.5 Å². The molecule has 1 aromatic carbocycles. The van der Waals surface area contributed by atoms with Crippen LogP contribution < -0.4 is 21.3 Å². The van der Waals surface area contributed by atoms with Crippen LogP contribution in [0.5, 0.6) is 5.75 Å². The molecule has 1 N–H and O–H groups in total. The highest BCUT2D eigenvalue weighted by Gasteiger charge is 2.12. The van der Waals surface area contributed by atoms with Gasteiger partial charge in [0.1, 0.15) is 17.4 Å². The van der Waals surface area contributed by atoms with Crippen molar-refractivity contribution >= 4 is 17.7 Å². The molecule has 25 heavy (non-hydrogen) atoms. The van der Waals surface area contributed by atoms with E-state index in [-0.39, 0.29) is 11.1 Å². The molecule has 0 bridgehead atoms. The number of aromatic nitrogens is 2. The summed E-state index contributed by atoms with van der Waals surface area (Å²) in [6, 6.07) is 8.33. The van der Waals surface area contributed by atoms with Gasteiger partial charge < -0.3 is 14.6 Å². The Labute approximate surface area is 143 Å². The second-order valence-corrected chi connectivity index (χ2v) is 5.19. The molecule has 1 heterocycles. The van der Waals surface area contributed by atoms with Crippen molar-refractivity contribution in [2.45, 2.75) is 0 Å². The molecule has 2 rings (SSSR count). The number of hydrogen-bond donors (Lipinski definition) is 1. The van der Waals surface area contributed by atoms with E-state index in [1.54, 1.807) is 30.3 Å². The average molecular weight is 340 g/mol. The van der Waals surface area contributed by atoms with Crippen molar-refractivity contribution in [1.82, 2.24) is 9.13 Å². The van der Waals surface area contributed by atoms with Gasteiger partial charge in [-0.2, -0.15) is 5.26 Å². The SMILES string of the molecule is COc1ccc(NC(=O)/C(C#N)=C/c2cn(C)c(=O)n(C)c2=O)cc1. The monoisotopic (exact) mass is 340 g/mol. The van der Waals surface area contributed by atoms with Gasteiger partial charge in [0.05, 0.1) is 12.7 Å². The van der Waals surface area contributed by atoms with E-state index in [9.17, 15) is 19.6 Å². The molecule has 0 saturated heterocycles. The number of nitriles is 1. The lowest BCUT2D eigenvalue weighted by atomic mass is 10.2. The molecule has 0 unspecified atom stereocenters. The van der Waals surface area contributed by atoms with E-state index in [2.05, 4.69) is 5.32 Å². The first-order valence-electron chi connectivity index (χ1n) is 7.21. The van der Waals surface area contributed by atoms with E-state index in [4.69, 9.17) is 4.74 Å². The Morgan fingerprint density at radius 2 is 1.88 bits per heavy atom. The summed E-state index contributed by atoms with van der Waals surface area (Å²) in [6.07, 6.45) is 2.43. The number of hydrogen-bond acceptors (Lipinski definition) is 5. The van der Waals surface area contributed by atoms with E-state index in [1.165, 1.54) is 32.0 Å². The van der Waals surface area contributed by atoms with Crippen LogP contribution in [0.4, 0.5) is 5.69 Å². The molecule has 0 radical (unpaired) electrons. The highest BCUT2D eigenvalue weighted by molar-refractivity contribution is 6.09. The summed E-state index contributed by atoms with van der Waals surface area (Å²) in [5.41, 5.74) is -0.811. The second kappa shape index (κ2) is 7.31. The normalized spacial score (nSPS) is 10.9. The topological polar surface area (TPSA) is 106 Å². The third-order valence-corrected chi connectivity index (χ3v) is 3.49. The Morgan fingerprint density at radius 1 is 1.24 bits per heavy atom. The second-order valence-electron chi connectivity index (χ2n) is 5.19. The lowest BCUT2D eigenvalue weighted by molar-refractivity contribution is -0.112. The van der Waals surface area contributed by atoms with Crippen LogP contribution in [0.15, 0.2) is 45.6 Å². The summed E-state index contributed by atoms with van der Waals surface area (Å²) in [5, 5.41) is 11.8. The van der Waals surface area contributed by atoms with Crippen molar-refractivity contribution < 1.29 is 9.53 Å². The summed E-state index contributed by atoms with van der Waals surface area (Å²) in [7, 11) is 4.33. The van der Waals surface area contributed by atoms with Crippen LogP contribution in [0.2, 0.25) is 0 Å². The molecule has 8 heteroatoms. The van der Waals surface area contributed by atoms with Crippen LogP contribution in [0.25, 0.3) is 6.08 Å². The molecule has 1 aromatic heterocycles. The number of benzene rings is 1. The van der Waals surface area contributed by atoms with Crippen molar-refractivity contribution in [3.8, 4) is 11.8 Å². The number of ether oxygens (including phenoxy) is 1. The Kier molecular flexibility index (Phi) is 5.19. The fourth-order valence-electron chi connectivity index (χ4n) is 2.11. The first-order valence-corrected chi connectivity index (χ1v) is 7.21. The van der Waals surface area contributed by atoms with Crippen molar-refractivity contribution in [2.24, 2.45) is 14.1 Å². The van der Waals surface area contributed by atoms with Crippen LogP contribution in [0, 0.1) is 11.3 Å². The molecule has 2 aromatic rings. The summed E-state index contributed by atoms with van der Waals surface area (Å²) in [5.74, 6) is -0.0358. The molecular weight excluding hydrogens is 324 g/mol. The molecule has 0 aliphatic rings. The smallest absolute Gasteiger partial charge is 0.330 e. The maximum absolute atomic E-state index is 12.2. The zero-order valence-electron chi connectivity index (χ0n) is 13.9. The number of aryl methyl sites for hydroxylation is 1. The standard InChI is InChI=1S/C17H16N4O4/c1-20-10-12(16(23)21(2)17(20)24)8-11(9-18)15(22)19-13-4-6-14(25-3)7-5-13/h4-8,10H,1-3H3,(H,19,22)/b11-8+. The van der Waals surface area contributed by atoms with Crippen LogP contribution in [-0.4, -0.2) is 22.2 Å². The quantitative estimate of drug-likeness (QED) is 0.649. The number of nitrogens with one attached hydrogen (secondary N) is 1. The predicted octanol–water partition coefficient (Wildman–Crippen LogP) is 0.638. The number of anilines is 1. The number of carbonyl (C=O) groups is 1. The molecule has 0 saturated carbocycles. The highest BCUT2D eigenvalue weighted by Crippen LogP contribution is 2.16. The largest absolute Gasteiger partial charge is 0.497 e. The maximum Gasteiger partial charge on any atom is 0.330 e. The van der Waals surface area contributed by atoms with Gasteiger partial charge in [-0.3, -0.25) is 14.2 Å². The fourth-order valence-corrected chi connectivity index (χ4v) is 2.11. The summed E-state index contributed by atoms with van der Waals surface area (Å²) < 4.78 is 7.13. The Bertz CT molecular complexity index is 991. The van der Waals surface area contributed by atoms with E-state index in [0.717, 1.165) is 10.6 Å². The van der Waals surface area contributed by atoms with Gasteiger partial charge in [-0.05, 0) is 30.3 Å². The van der Waals surface area contributed by atoms with Crippen LogP contribution in [0.3, 0.4) is 0 Å². The molecule has 1 amide bonds. The summed E-state index contributed by atoms with van der Waals surface area (Å²) in [6.45, 7) is 0. The molecule has 0 aliphatic heterocycles. The van der Waals surface area contributed by atoms with E-state index in [0.29, 0.717) is 11.4 Å². The lowest BCUT2D eigenvalue weighted by Crippen LogP contribution is -2.37.